The van der Waals surface area contributed by atoms with Gasteiger partial charge in [-0.05, 0) is 27.7 Å². The number of carbonyl (C=O) groups is 4. The number of hydrogen-bond donors (Lipinski definition) is 2. The van der Waals surface area contributed by atoms with E-state index in [9.17, 15) is 19.2 Å². The van der Waals surface area contributed by atoms with Gasteiger partial charge in [-0.3, -0.25) is 4.79 Å². The number of carbonyl (C=O) groups excluding carboxylic acids is 4. The maximum atomic E-state index is 11.8. The Morgan fingerprint density at radius 3 is 1.84 bits per heavy atom. The molecule has 38 heavy (non-hydrogen) atoms. The molecule has 0 aromatic heterocycles. The number of hydrogen-bond acceptors (Lipinski definition) is 11. The molecule has 0 fully saturated rings. The van der Waals surface area contributed by atoms with Gasteiger partial charge < -0.3 is 43.8 Å². The third-order valence-electron chi connectivity index (χ3n) is 4.30. The summed E-state index contributed by atoms with van der Waals surface area (Å²) in [6, 6.07) is 0. The van der Waals surface area contributed by atoms with E-state index in [0.29, 0.717) is 18.5 Å². The summed E-state index contributed by atoms with van der Waals surface area (Å²) in [5.74, 6) is -0.567. The Hall–Kier alpha value is -3.00. The van der Waals surface area contributed by atoms with Gasteiger partial charge in [0, 0.05) is 18.2 Å². The lowest BCUT2D eigenvalue weighted by molar-refractivity contribution is -0.137. The standard InChI is InChI=1S/C25H42N2O11/c1-7-23(29)34-11-9-27-25(31)37-21(5)15-33-14-19(3)35-16-20(4)36-17-22(6)38-24(30)26-8-10-32-13-18(2)12-28/h7,12,19-22H,1-2,8-11,13-17H2,3-6H3,(H,26,30)(H,27,31). The van der Waals surface area contributed by atoms with Crippen LogP contribution in [-0.4, -0.2) is 108 Å². The SMILES string of the molecule is C=CC(=O)OCCNC(=O)OC(C)COCC(C)OCC(C)OCC(C)OC(=O)NCCOCC(=C)C=O. The molecule has 0 aliphatic carbocycles. The first-order chi connectivity index (χ1) is 18.1. The predicted molar refractivity (Wildman–Crippen MR) is 137 cm³/mol. The Balaban J connectivity index is 3.83. The van der Waals surface area contributed by atoms with E-state index in [-0.39, 0.29) is 64.9 Å². The van der Waals surface area contributed by atoms with Gasteiger partial charge in [-0.15, -0.1) is 0 Å². The lowest BCUT2D eigenvalue weighted by atomic mass is 10.4. The quantitative estimate of drug-likeness (QED) is 0.0667. The molecule has 0 saturated carbocycles. The second-order valence-corrected chi connectivity index (χ2v) is 8.31. The first-order valence-corrected chi connectivity index (χ1v) is 12.3. The van der Waals surface area contributed by atoms with Crippen LogP contribution < -0.4 is 10.6 Å². The van der Waals surface area contributed by atoms with E-state index < -0.39 is 30.4 Å². The van der Waals surface area contributed by atoms with E-state index in [1.165, 1.54) is 0 Å². The monoisotopic (exact) mass is 546 g/mol. The molecule has 13 nitrogen and oxygen atoms in total. The molecule has 0 aromatic rings. The van der Waals surface area contributed by atoms with Crippen molar-refractivity contribution >= 4 is 24.4 Å². The minimum Gasteiger partial charge on any atom is -0.461 e. The van der Waals surface area contributed by atoms with Gasteiger partial charge in [0.1, 0.15) is 25.1 Å². The number of aldehydes is 1. The molecule has 0 rings (SSSR count). The van der Waals surface area contributed by atoms with Crippen LogP contribution in [0.5, 0.6) is 0 Å². The third-order valence-corrected chi connectivity index (χ3v) is 4.30. The molecular weight excluding hydrogens is 504 g/mol. The van der Waals surface area contributed by atoms with E-state index in [1.807, 2.05) is 13.8 Å². The Bertz CT molecular complexity index is 732. The summed E-state index contributed by atoms with van der Waals surface area (Å²) in [6.07, 6.45) is -1.04. The Kier molecular flexibility index (Phi) is 20.3. The van der Waals surface area contributed by atoms with Crippen molar-refractivity contribution in [3.05, 3.63) is 24.8 Å². The van der Waals surface area contributed by atoms with Crippen molar-refractivity contribution < 1.29 is 52.3 Å². The lowest BCUT2D eigenvalue weighted by Crippen LogP contribution is -2.33. The molecule has 4 unspecified atom stereocenters. The summed E-state index contributed by atoms with van der Waals surface area (Å²) in [6.45, 7) is 15.5. The molecule has 0 saturated heterocycles. The first-order valence-electron chi connectivity index (χ1n) is 12.3. The van der Waals surface area contributed by atoms with Crippen molar-refractivity contribution in [2.45, 2.75) is 52.1 Å². The number of esters is 1. The number of nitrogens with one attached hydrogen (secondary N) is 2. The highest BCUT2D eigenvalue weighted by molar-refractivity contribution is 5.81. The zero-order valence-electron chi connectivity index (χ0n) is 22.7. The fourth-order valence-electron chi connectivity index (χ4n) is 2.44. The van der Waals surface area contributed by atoms with Crippen LogP contribution in [0.2, 0.25) is 0 Å². The molecule has 218 valence electrons. The maximum Gasteiger partial charge on any atom is 0.407 e. The average Bonchev–Trinajstić information content (AvgIpc) is 2.87. The van der Waals surface area contributed by atoms with Gasteiger partial charge in [-0.1, -0.05) is 13.2 Å². The van der Waals surface area contributed by atoms with Crippen LogP contribution in [0.4, 0.5) is 9.59 Å². The molecule has 0 aliphatic heterocycles. The van der Waals surface area contributed by atoms with E-state index in [1.54, 1.807) is 13.8 Å². The summed E-state index contributed by atoms with van der Waals surface area (Å²) in [5.41, 5.74) is 0.323. The topological polar surface area (TPSA) is 157 Å². The first kappa shape index (κ1) is 35.0. The van der Waals surface area contributed by atoms with Crippen molar-refractivity contribution in [2.75, 3.05) is 59.3 Å². The van der Waals surface area contributed by atoms with E-state index >= 15 is 0 Å². The number of ether oxygens (including phenoxy) is 7. The highest BCUT2D eigenvalue weighted by Crippen LogP contribution is 2.02. The molecule has 0 spiro atoms. The van der Waals surface area contributed by atoms with Gasteiger partial charge in [0.25, 0.3) is 0 Å². The molecule has 2 amide bonds. The minimum absolute atomic E-state index is 0.0151. The molecule has 2 N–H and O–H groups in total. The van der Waals surface area contributed by atoms with Crippen LogP contribution >= 0.6 is 0 Å². The third kappa shape index (κ3) is 21.1. The van der Waals surface area contributed by atoms with Crippen LogP contribution in [0.3, 0.4) is 0 Å². The zero-order valence-corrected chi connectivity index (χ0v) is 22.7. The van der Waals surface area contributed by atoms with Gasteiger partial charge in [-0.2, -0.15) is 0 Å². The second-order valence-electron chi connectivity index (χ2n) is 8.31. The smallest absolute Gasteiger partial charge is 0.407 e. The molecule has 13 heteroatoms. The maximum absolute atomic E-state index is 11.8. The van der Waals surface area contributed by atoms with Crippen molar-refractivity contribution in [3.8, 4) is 0 Å². The highest BCUT2D eigenvalue weighted by Gasteiger charge is 2.14. The lowest BCUT2D eigenvalue weighted by Gasteiger charge is -2.20. The normalized spacial score (nSPS) is 13.8. The van der Waals surface area contributed by atoms with Crippen LogP contribution in [0, 0.1) is 0 Å². The number of rotatable bonds is 22. The summed E-state index contributed by atoms with van der Waals surface area (Å²) in [5, 5.41) is 5.00. The Morgan fingerprint density at radius 1 is 0.763 bits per heavy atom. The van der Waals surface area contributed by atoms with Gasteiger partial charge in [-0.25, -0.2) is 14.4 Å². The molecule has 4 atom stereocenters. The van der Waals surface area contributed by atoms with Crippen LogP contribution in [0.15, 0.2) is 24.8 Å². The van der Waals surface area contributed by atoms with Crippen LogP contribution in [0.25, 0.3) is 0 Å². The van der Waals surface area contributed by atoms with E-state index in [0.717, 1.165) is 6.08 Å². The molecule has 0 aliphatic rings. The highest BCUT2D eigenvalue weighted by atomic mass is 16.6. The van der Waals surface area contributed by atoms with Crippen molar-refractivity contribution in [2.24, 2.45) is 0 Å². The Morgan fingerprint density at radius 2 is 1.26 bits per heavy atom. The van der Waals surface area contributed by atoms with E-state index in [4.69, 9.17) is 33.2 Å². The molecule has 0 bridgehead atoms. The van der Waals surface area contributed by atoms with Crippen molar-refractivity contribution in [3.63, 3.8) is 0 Å². The van der Waals surface area contributed by atoms with Gasteiger partial charge in [0.15, 0.2) is 0 Å². The molecule has 0 radical (unpaired) electrons. The average molecular weight is 547 g/mol. The van der Waals surface area contributed by atoms with E-state index in [2.05, 4.69) is 23.8 Å². The fraction of sp³-hybridized carbons (Fsp3) is 0.680. The summed E-state index contributed by atoms with van der Waals surface area (Å²) < 4.78 is 37.1. The van der Waals surface area contributed by atoms with Crippen LogP contribution in [0.1, 0.15) is 27.7 Å². The van der Waals surface area contributed by atoms with Crippen molar-refractivity contribution in [1.29, 1.82) is 0 Å². The molecule has 0 heterocycles. The number of amides is 2. The predicted octanol–water partition coefficient (Wildman–Crippen LogP) is 1.54. The number of alkyl carbamates (subject to hydrolysis) is 2. The van der Waals surface area contributed by atoms with Gasteiger partial charge in [0.05, 0.1) is 58.4 Å². The Labute approximate surface area is 224 Å². The zero-order chi connectivity index (χ0) is 28.8. The second kappa shape index (κ2) is 22.0. The van der Waals surface area contributed by atoms with Gasteiger partial charge in [0.2, 0.25) is 0 Å². The van der Waals surface area contributed by atoms with Crippen LogP contribution in [-0.2, 0) is 42.7 Å². The fourth-order valence-corrected chi connectivity index (χ4v) is 2.44. The minimum atomic E-state index is -0.645. The summed E-state index contributed by atoms with van der Waals surface area (Å²) in [7, 11) is 0. The molecular formula is C25H42N2O11. The summed E-state index contributed by atoms with van der Waals surface area (Å²) in [4.78, 5) is 44.7. The largest absolute Gasteiger partial charge is 0.461 e. The van der Waals surface area contributed by atoms with Crippen molar-refractivity contribution in [1.82, 2.24) is 10.6 Å². The summed E-state index contributed by atoms with van der Waals surface area (Å²) >= 11 is 0. The van der Waals surface area contributed by atoms with Gasteiger partial charge >= 0.3 is 18.2 Å². The molecule has 0 aromatic carbocycles.